The zero-order valence-corrected chi connectivity index (χ0v) is 7.06. The molecule has 1 fully saturated rings. The molecule has 4 nitrogen and oxygen atoms in total. The van der Waals surface area contributed by atoms with Gasteiger partial charge in [-0.2, -0.15) is 0 Å². The summed E-state index contributed by atoms with van der Waals surface area (Å²) in [5.74, 6) is 0.0450. The molecule has 0 aromatic heterocycles. The smallest absolute Gasteiger partial charge is 0.132 e. The van der Waals surface area contributed by atoms with Crippen LogP contribution in [0.15, 0.2) is 0 Å². The fourth-order valence-corrected chi connectivity index (χ4v) is 1.30. The Balaban J connectivity index is 2.35. The van der Waals surface area contributed by atoms with Crippen LogP contribution in [0.25, 0.3) is 0 Å². The van der Waals surface area contributed by atoms with Crippen molar-refractivity contribution in [2.24, 2.45) is 0 Å². The van der Waals surface area contributed by atoms with E-state index >= 15 is 0 Å². The van der Waals surface area contributed by atoms with Gasteiger partial charge in [0.05, 0.1) is 18.8 Å². The van der Waals surface area contributed by atoms with Crippen LogP contribution in [0.5, 0.6) is 0 Å². The van der Waals surface area contributed by atoms with Gasteiger partial charge in [-0.25, -0.2) is 0 Å². The third kappa shape index (κ3) is 2.55. The molecule has 0 unspecified atom stereocenters. The third-order valence-electron chi connectivity index (χ3n) is 1.97. The van der Waals surface area contributed by atoms with E-state index in [-0.39, 0.29) is 18.5 Å². The van der Waals surface area contributed by atoms with Crippen molar-refractivity contribution in [1.82, 2.24) is 0 Å². The molecule has 4 heteroatoms. The molecular weight excluding hydrogens is 160 g/mol. The first-order valence-electron chi connectivity index (χ1n) is 4.06. The normalized spacial score (nSPS) is 36.4. The SMILES string of the molecule is CC(=O)C[C@@H]1C[C@@H](O)[C@@H](O)CO1. The van der Waals surface area contributed by atoms with Gasteiger partial charge in [-0.05, 0) is 6.92 Å². The largest absolute Gasteiger partial charge is 0.390 e. The van der Waals surface area contributed by atoms with Crippen molar-refractivity contribution in [3.05, 3.63) is 0 Å². The van der Waals surface area contributed by atoms with Crippen LogP contribution < -0.4 is 0 Å². The molecule has 0 bridgehead atoms. The summed E-state index contributed by atoms with van der Waals surface area (Å²) in [5.41, 5.74) is 0. The van der Waals surface area contributed by atoms with Gasteiger partial charge >= 0.3 is 0 Å². The number of aliphatic hydroxyl groups is 2. The second-order valence-corrected chi connectivity index (χ2v) is 3.23. The van der Waals surface area contributed by atoms with Gasteiger partial charge in [0, 0.05) is 12.8 Å². The Morgan fingerprint density at radius 1 is 1.50 bits per heavy atom. The average Bonchev–Trinajstić information content (AvgIpc) is 1.96. The maximum Gasteiger partial charge on any atom is 0.132 e. The Morgan fingerprint density at radius 2 is 2.17 bits per heavy atom. The quantitative estimate of drug-likeness (QED) is 0.591. The Bertz CT molecular complexity index is 168. The van der Waals surface area contributed by atoms with E-state index in [2.05, 4.69) is 0 Å². The number of hydrogen-bond acceptors (Lipinski definition) is 4. The summed E-state index contributed by atoms with van der Waals surface area (Å²) in [6.07, 6.45) is -1.10. The van der Waals surface area contributed by atoms with Crippen molar-refractivity contribution in [3.63, 3.8) is 0 Å². The van der Waals surface area contributed by atoms with Crippen LogP contribution in [0.1, 0.15) is 19.8 Å². The average molecular weight is 174 g/mol. The molecule has 1 rings (SSSR count). The van der Waals surface area contributed by atoms with Crippen molar-refractivity contribution in [2.75, 3.05) is 6.61 Å². The van der Waals surface area contributed by atoms with Gasteiger partial charge in [0.15, 0.2) is 0 Å². The van der Waals surface area contributed by atoms with Gasteiger partial charge in [-0.15, -0.1) is 0 Å². The lowest BCUT2D eigenvalue weighted by Crippen LogP contribution is -2.41. The molecule has 12 heavy (non-hydrogen) atoms. The Labute approximate surface area is 71.2 Å². The van der Waals surface area contributed by atoms with Crippen molar-refractivity contribution in [1.29, 1.82) is 0 Å². The molecule has 0 saturated carbocycles. The first kappa shape index (κ1) is 9.64. The van der Waals surface area contributed by atoms with Gasteiger partial charge in [-0.1, -0.05) is 0 Å². The van der Waals surface area contributed by atoms with Crippen LogP contribution in [0.4, 0.5) is 0 Å². The van der Waals surface area contributed by atoms with Crippen LogP contribution in [0.3, 0.4) is 0 Å². The molecule has 2 N–H and O–H groups in total. The first-order chi connectivity index (χ1) is 5.59. The van der Waals surface area contributed by atoms with E-state index in [9.17, 15) is 9.90 Å². The molecule has 0 aromatic rings. The molecule has 0 aromatic carbocycles. The molecule has 0 aliphatic carbocycles. The molecule has 1 saturated heterocycles. The zero-order chi connectivity index (χ0) is 9.14. The van der Waals surface area contributed by atoms with Gasteiger partial charge in [-0.3, -0.25) is 4.79 Å². The molecule has 3 atom stereocenters. The lowest BCUT2D eigenvalue weighted by Gasteiger charge is -2.29. The lowest BCUT2D eigenvalue weighted by molar-refractivity contribution is -0.135. The molecule has 1 heterocycles. The molecule has 0 spiro atoms. The number of aliphatic hydroxyl groups excluding tert-OH is 2. The predicted molar refractivity (Wildman–Crippen MR) is 41.7 cm³/mol. The summed E-state index contributed by atoms with van der Waals surface area (Å²) in [6.45, 7) is 1.61. The summed E-state index contributed by atoms with van der Waals surface area (Å²) in [5, 5.41) is 18.3. The van der Waals surface area contributed by atoms with Crippen LogP contribution in [-0.2, 0) is 9.53 Å². The number of carbonyl (C=O) groups excluding carboxylic acids is 1. The van der Waals surface area contributed by atoms with Gasteiger partial charge in [0.1, 0.15) is 11.9 Å². The van der Waals surface area contributed by atoms with Gasteiger partial charge in [0.2, 0.25) is 0 Å². The number of ether oxygens (including phenoxy) is 1. The number of carbonyl (C=O) groups is 1. The lowest BCUT2D eigenvalue weighted by atomic mass is 10.0. The highest BCUT2D eigenvalue weighted by molar-refractivity contribution is 5.75. The number of ketones is 1. The molecule has 1 aliphatic heterocycles. The minimum Gasteiger partial charge on any atom is -0.390 e. The number of Topliss-reactive ketones (excluding diaryl/α,β-unsaturated/α-hetero) is 1. The highest BCUT2D eigenvalue weighted by atomic mass is 16.5. The Kier molecular flexibility index (Phi) is 3.20. The molecular formula is C8H14O4. The van der Waals surface area contributed by atoms with Crippen LogP contribution in [0, 0.1) is 0 Å². The van der Waals surface area contributed by atoms with Crippen LogP contribution >= 0.6 is 0 Å². The standard InChI is InChI=1S/C8H14O4/c1-5(9)2-6-3-7(10)8(11)4-12-6/h6-8,10-11H,2-4H2,1H3/t6-,7-,8+/m1/s1. The fraction of sp³-hybridized carbons (Fsp3) is 0.875. The Morgan fingerprint density at radius 3 is 2.67 bits per heavy atom. The Hall–Kier alpha value is -0.450. The highest BCUT2D eigenvalue weighted by Crippen LogP contribution is 2.16. The maximum atomic E-state index is 10.7. The second kappa shape index (κ2) is 3.98. The van der Waals surface area contributed by atoms with Crippen molar-refractivity contribution in [3.8, 4) is 0 Å². The monoisotopic (exact) mass is 174 g/mol. The maximum absolute atomic E-state index is 10.7. The van der Waals surface area contributed by atoms with Crippen molar-refractivity contribution in [2.45, 2.75) is 38.1 Å². The van der Waals surface area contributed by atoms with E-state index in [0.29, 0.717) is 12.8 Å². The molecule has 70 valence electrons. The van der Waals surface area contributed by atoms with E-state index in [4.69, 9.17) is 9.84 Å². The van der Waals surface area contributed by atoms with E-state index in [0.717, 1.165) is 0 Å². The number of rotatable bonds is 2. The summed E-state index contributed by atoms with van der Waals surface area (Å²) in [7, 11) is 0. The van der Waals surface area contributed by atoms with E-state index in [1.807, 2.05) is 0 Å². The summed E-state index contributed by atoms with van der Waals surface area (Å²) < 4.78 is 5.14. The fourth-order valence-electron chi connectivity index (χ4n) is 1.30. The third-order valence-corrected chi connectivity index (χ3v) is 1.97. The summed E-state index contributed by atoms with van der Waals surface area (Å²) in [4.78, 5) is 10.7. The predicted octanol–water partition coefficient (Wildman–Crippen LogP) is -0.524. The topological polar surface area (TPSA) is 66.8 Å². The van der Waals surface area contributed by atoms with Crippen LogP contribution in [0.2, 0.25) is 0 Å². The van der Waals surface area contributed by atoms with Gasteiger partial charge in [0.25, 0.3) is 0 Å². The summed E-state index contributed by atoms with van der Waals surface area (Å²) in [6, 6.07) is 0. The van der Waals surface area contributed by atoms with Crippen LogP contribution in [-0.4, -0.2) is 40.9 Å². The number of hydrogen-bond donors (Lipinski definition) is 2. The van der Waals surface area contributed by atoms with E-state index in [1.54, 1.807) is 0 Å². The van der Waals surface area contributed by atoms with E-state index < -0.39 is 12.2 Å². The highest BCUT2D eigenvalue weighted by Gasteiger charge is 2.28. The minimum atomic E-state index is -0.798. The van der Waals surface area contributed by atoms with Crippen molar-refractivity contribution < 1.29 is 19.7 Å². The molecule has 0 amide bonds. The van der Waals surface area contributed by atoms with Gasteiger partial charge < -0.3 is 14.9 Å². The molecule has 0 radical (unpaired) electrons. The summed E-state index contributed by atoms with van der Waals surface area (Å²) >= 11 is 0. The second-order valence-electron chi connectivity index (χ2n) is 3.23. The van der Waals surface area contributed by atoms with Crippen molar-refractivity contribution >= 4 is 5.78 Å². The minimum absolute atomic E-state index is 0.0450. The van der Waals surface area contributed by atoms with E-state index in [1.165, 1.54) is 6.92 Å². The molecule has 1 aliphatic rings. The first-order valence-corrected chi connectivity index (χ1v) is 4.06. The zero-order valence-electron chi connectivity index (χ0n) is 7.06.